The lowest BCUT2D eigenvalue weighted by Gasteiger charge is -2.40. The monoisotopic (exact) mass is 1400 g/mol. The standard InChI is InChI=1S/C88H165NO10/c1-3-5-7-9-11-13-15-17-18-19-41-45-48-52-56-60-64-68-72-76-84(93)97-77-73-69-65-61-57-53-49-46-43-40-38-36-34-32-30-28-26-24-22-20-21-23-25-27-29-31-33-35-37-39-42-44-47-51-55-59-63-67-71-75-83(92)89-80(79-98-88-87(96)86(95)85(94)82(78-90)99-88)81(91)74-70-66-62-58-54-50-16-14-12-10-8-6-4-2/h11,13,17-18,20-21,70,74,80-82,85-88,90-91,94-96H,3-10,12,14-16,19,22-69,71-73,75-79H2,1-2H3,(H,89,92)/b13-11-,18-17-,21-20-,74-70+. The Hall–Kier alpha value is -2.38. The first-order chi connectivity index (χ1) is 48.7. The predicted molar refractivity (Wildman–Crippen MR) is 421 cm³/mol. The molecule has 6 N–H and O–H groups in total. The quantitative estimate of drug-likeness (QED) is 0.0195. The van der Waals surface area contributed by atoms with Crippen molar-refractivity contribution in [2.75, 3.05) is 19.8 Å². The van der Waals surface area contributed by atoms with Gasteiger partial charge >= 0.3 is 5.97 Å². The summed E-state index contributed by atoms with van der Waals surface area (Å²) in [6.45, 7) is 4.37. The van der Waals surface area contributed by atoms with Gasteiger partial charge in [-0.05, 0) is 89.9 Å². The summed E-state index contributed by atoms with van der Waals surface area (Å²) in [4.78, 5) is 25.2. The Morgan fingerprint density at radius 2 is 0.677 bits per heavy atom. The van der Waals surface area contributed by atoms with Gasteiger partial charge in [0.1, 0.15) is 24.4 Å². The number of rotatable bonds is 78. The number of allylic oxidation sites excluding steroid dienone is 7. The number of carbonyl (C=O) groups is 2. The molecule has 0 spiro atoms. The van der Waals surface area contributed by atoms with E-state index in [1.165, 1.54) is 347 Å². The van der Waals surface area contributed by atoms with Crippen LogP contribution in [0, 0.1) is 0 Å². The number of aliphatic hydroxyl groups is 5. The van der Waals surface area contributed by atoms with E-state index in [9.17, 15) is 35.1 Å². The Bertz CT molecular complexity index is 1790. The summed E-state index contributed by atoms with van der Waals surface area (Å²) in [5.41, 5.74) is 0. The minimum absolute atomic E-state index is 0.0136. The summed E-state index contributed by atoms with van der Waals surface area (Å²) in [6.07, 6.45) is 93.1. The molecule has 0 aromatic carbocycles. The van der Waals surface area contributed by atoms with Crippen LogP contribution in [0.3, 0.4) is 0 Å². The van der Waals surface area contributed by atoms with Gasteiger partial charge in [0, 0.05) is 12.8 Å². The number of carbonyl (C=O) groups excluding carboxylic acids is 2. The minimum Gasteiger partial charge on any atom is -0.466 e. The van der Waals surface area contributed by atoms with Gasteiger partial charge in [0.15, 0.2) is 6.29 Å². The van der Waals surface area contributed by atoms with Crippen LogP contribution in [0.15, 0.2) is 48.6 Å². The van der Waals surface area contributed by atoms with Crippen LogP contribution in [0.1, 0.15) is 438 Å². The second kappa shape index (κ2) is 76.7. The molecule has 0 bridgehead atoms. The van der Waals surface area contributed by atoms with Crippen molar-refractivity contribution >= 4 is 11.9 Å². The number of hydrogen-bond donors (Lipinski definition) is 6. The van der Waals surface area contributed by atoms with Crippen LogP contribution >= 0.6 is 0 Å². The fourth-order valence-corrected chi connectivity index (χ4v) is 13.9. The largest absolute Gasteiger partial charge is 0.466 e. The zero-order chi connectivity index (χ0) is 71.5. The van der Waals surface area contributed by atoms with Gasteiger partial charge in [-0.3, -0.25) is 9.59 Å². The van der Waals surface area contributed by atoms with Crippen molar-refractivity contribution in [1.82, 2.24) is 5.32 Å². The van der Waals surface area contributed by atoms with Gasteiger partial charge in [-0.15, -0.1) is 0 Å². The van der Waals surface area contributed by atoms with E-state index >= 15 is 0 Å². The SMILES string of the molecule is CCCCC/C=C\C/C=C\CCCCCCCCCCCC(=O)OCCCCCCCCCCCCCCCCCCCC/C=C\CCCCCCCCCCCCCCCCCCCC(=O)NC(COC1OC(CO)C(O)C(O)C1O)C(O)/C=C/CCCCCCCCCCCCC. The molecule has 1 amide bonds. The summed E-state index contributed by atoms with van der Waals surface area (Å²) in [7, 11) is 0. The second-order valence-corrected chi connectivity index (χ2v) is 30.2. The molecule has 1 heterocycles. The smallest absolute Gasteiger partial charge is 0.305 e. The summed E-state index contributed by atoms with van der Waals surface area (Å²) in [5, 5.41) is 54.6. The fraction of sp³-hybridized carbons (Fsp3) is 0.886. The van der Waals surface area contributed by atoms with Gasteiger partial charge in [0.25, 0.3) is 0 Å². The highest BCUT2D eigenvalue weighted by Gasteiger charge is 2.44. The molecule has 1 saturated heterocycles. The number of aliphatic hydroxyl groups excluding tert-OH is 5. The van der Waals surface area contributed by atoms with Crippen molar-refractivity contribution in [2.24, 2.45) is 0 Å². The molecule has 1 fully saturated rings. The highest BCUT2D eigenvalue weighted by molar-refractivity contribution is 5.76. The third-order valence-corrected chi connectivity index (χ3v) is 20.7. The van der Waals surface area contributed by atoms with Crippen molar-refractivity contribution in [3.63, 3.8) is 0 Å². The molecule has 0 aromatic heterocycles. The highest BCUT2D eigenvalue weighted by atomic mass is 16.7. The maximum Gasteiger partial charge on any atom is 0.305 e. The Kier molecular flexibility index (Phi) is 73.4. The predicted octanol–water partition coefficient (Wildman–Crippen LogP) is 24.2. The third kappa shape index (κ3) is 64.9. The van der Waals surface area contributed by atoms with E-state index in [4.69, 9.17) is 14.2 Å². The minimum atomic E-state index is -1.57. The van der Waals surface area contributed by atoms with E-state index in [1.54, 1.807) is 6.08 Å². The van der Waals surface area contributed by atoms with Crippen molar-refractivity contribution < 1.29 is 49.3 Å². The van der Waals surface area contributed by atoms with Crippen LogP contribution in [-0.4, -0.2) is 100 Å². The number of amides is 1. The molecule has 0 radical (unpaired) electrons. The Labute approximate surface area is 612 Å². The molecule has 7 atom stereocenters. The van der Waals surface area contributed by atoms with Crippen molar-refractivity contribution in [1.29, 1.82) is 0 Å². The number of hydrogen-bond acceptors (Lipinski definition) is 10. The van der Waals surface area contributed by atoms with Gasteiger partial charge < -0.3 is 45.1 Å². The van der Waals surface area contributed by atoms with Gasteiger partial charge in [0.2, 0.25) is 5.91 Å². The van der Waals surface area contributed by atoms with Crippen LogP contribution in [0.2, 0.25) is 0 Å². The highest BCUT2D eigenvalue weighted by Crippen LogP contribution is 2.24. The Balaban J connectivity index is 1.86. The number of unbranched alkanes of at least 4 members (excludes halogenated alkanes) is 58. The van der Waals surface area contributed by atoms with E-state index in [2.05, 4.69) is 55.6 Å². The lowest BCUT2D eigenvalue weighted by Crippen LogP contribution is -2.60. The maximum absolute atomic E-state index is 13.1. The first kappa shape index (κ1) is 94.6. The van der Waals surface area contributed by atoms with Gasteiger partial charge in [-0.25, -0.2) is 0 Å². The van der Waals surface area contributed by atoms with Crippen LogP contribution in [-0.2, 0) is 23.8 Å². The molecule has 0 aromatic rings. The summed E-state index contributed by atoms with van der Waals surface area (Å²) in [5.74, 6) is -0.161. The molecule has 1 rings (SSSR count). The van der Waals surface area contributed by atoms with Crippen LogP contribution < -0.4 is 5.32 Å². The van der Waals surface area contributed by atoms with E-state index in [0.717, 1.165) is 64.2 Å². The molecule has 0 saturated carbocycles. The van der Waals surface area contributed by atoms with Crippen molar-refractivity contribution in [3.05, 3.63) is 48.6 Å². The van der Waals surface area contributed by atoms with Gasteiger partial charge in [0.05, 0.1) is 32.0 Å². The Morgan fingerprint density at radius 1 is 0.374 bits per heavy atom. The number of nitrogens with one attached hydrogen (secondary N) is 1. The third-order valence-electron chi connectivity index (χ3n) is 20.7. The number of ether oxygens (including phenoxy) is 3. The van der Waals surface area contributed by atoms with Gasteiger partial charge in [-0.2, -0.15) is 0 Å². The van der Waals surface area contributed by atoms with Crippen molar-refractivity contribution in [2.45, 2.75) is 480 Å². The number of esters is 1. The van der Waals surface area contributed by atoms with E-state index in [0.29, 0.717) is 19.4 Å². The van der Waals surface area contributed by atoms with E-state index in [1.807, 2.05) is 6.08 Å². The fourth-order valence-electron chi connectivity index (χ4n) is 13.9. The molecule has 11 heteroatoms. The van der Waals surface area contributed by atoms with Gasteiger partial charge in [-0.1, -0.05) is 383 Å². The zero-order valence-electron chi connectivity index (χ0n) is 65.2. The normalized spacial score (nSPS) is 17.3. The summed E-state index contributed by atoms with van der Waals surface area (Å²) >= 11 is 0. The van der Waals surface area contributed by atoms with Crippen LogP contribution in [0.4, 0.5) is 0 Å². The van der Waals surface area contributed by atoms with Crippen LogP contribution in [0.5, 0.6) is 0 Å². The molecule has 1 aliphatic heterocycles. The average molecular weight is 1400 g/mol. The lowest BCUT2D eigenvalue weighted by molar-refractivity contribution is -0.302. The summed E-state index contributed by atoms with van der Waals surface area (Å²) in [6, 6.07) is -0.807. The molecular formula is C88H165NO10. The van der Waals surface area contributed by atoms with E-state index < -0.39 is 49.5 Å². The molecule has 99 heavy (non-hydrogen) atoms. The molecule has 7 unspecified atom stereocenters. The second-order valence-electron chi connectivity index (χ2n) is 30.2. The lowest BCUT2D eigenvalue weighted by atomic mass is 9.99. The average Bonchev–Trinajstić information content (AvgIpc) is 0.866. The Morgan fingerprint density at radius 3 is 1.05 bits per heavy atom. The molecular weight excluding hydrogens is 1230 g/mol. The van der Waals surface area contributed by atoms with Crippen molar-refractivity contribution in [3.8, 4) is 0 Å². The summed E-state index contributed by atoms with van der Waals surface area (Å²) < 4.78 is 16.8. The van der Waals surface area contributed by atoms with E-state index in [-0.39, 0.29) is 18.5 Å². The maximum atomic E-state index is 13.1. The topological polar surface area (TPSA) is 175 Å². The first-order valence-corrected chi connectivity index (χ1v) is 43.4. The zero-order valence-corrected chi connectivity index (χ0v) is 65.2. The molecule has 0 aliphatic carbocycles. The molecule has 11 nitrogen and oxygen atoms in total. The molecule has 1 aliphatic rings. The van der Waals surface area contributed by atoms with Crippen LogP contribution in [0.25, 0.3) is 0 Å². The molecule has 582 valence electrons. The first-order valence-electron chi connectivity index (χ1n) is 43.4.